The number of nitrogens with one attached hydrogen (secondary N) is 1. The maximum atomic E-state index is 12.9. The van der Waals surface area contributed by atoms with E-state index in [1.807, 2.05) is 0 Å². The number of nitro groups is 1. The van der Waals surface area contributed by atoms with E-state index < -0.39 is 4.92 Å². The number of carbonyl (C=O) groups is 1. The van der Waals surface area contributed by atoms with Crippen LogP contribution in [0.25, 0.3) is 0 Å². The second-order valence-corrected chi connectivity index (χ2v) is 6.20. The summed E-state index contributed by atoms with van der Waals surface area (Å²) in [6.45, 7) is 3.13. The van der Waals surface area contributed by atoms with Gasteiger partial charge >= 0.3 is 0 Å². The maximum Gasteiger partial charge on any atom is 0.286 e. The number of hydrogen-bond acceptors (Lipinski definition) is 6. The Hall–Kier alpha value is -2.06. The summed E-state index contributed by atoms with van der Waals surface area (Å²) in [5, 5.41) is 14.7. The number of nitro benzene ring substituents is 1. The molecule has 0 aromatic heterocycles. The van der Waals surface area contributed by atoms with Gasteiger partial charge in [-0.3, -0.25) is 14.9 Å². The fraction of sp³-hybridized carbons (Fsp3) is 0.562. The van der Waals surface area contributed by atoms with Gasteiger partial charge in [0.15, 0.2) is 11.5 Å². The van der Waals surface area contributed by atoms with Crippen LogP contribution in [0.2, 0.25) is 0 Å². The summed E-state index contributed by atoms with van der Waals surface area (Å²) in [4.78, 5) is 25.4. The molecule has 0 spiro atoms. The largest absolute Gasteiger partial charge is 0.493 e. The summed E-state index contributed by atoms with van der Waals surface area (Å²) >= 11 is 0. The number of piperidine rings is 1. The van der Waals surface area contributed by atoms with E-state index >= 15 is 0 Å². The van der Waals surface area contributed by atoms with E-state index in [1.54, 1.807) is 4.90 Å². The molecule has 2 unspecified atom stereocenters. The summed E-state index contributed by atoms with van der Waals surface area (Å²) in [6.07, 6.45) is 0.921. The average Bonchev–Trinajstić information content (AvgIpc) is 3.07. The van der Waals surface area contributed by atoms with Crippen molar-refractivity contribution in [2.75, 3.05) is 40.4 Å². The molecular weight excluding hydrogens is 350 g/mol. The smallest absolute Gasteiger partial charge is 0.286 e. The van der Waals surface area contributed by atoms with Gasteiger partial charge in [0.2, 0.25) is 0 Å². The number of ether oxygens (including phenoxy) is 2. The molecule has 2 aliphatic rings. The number of likely N-dealkylation sites (tertiary alicyclic amines) is 1. The highest BCUT2D eigenvalue weighted by Gasteiger charge is 2.36. The Morgan fingerprint density at radius 2 is 1.88 bits per heavy atom. The molecule has 2 aliphatic heterocycles. The number of methoxy groups -OCH3 is 2. The van der Waals surface area contributed by atoms with Crippen LogP contribution in [0.1, 0.15) is 16.8 Å². The zero-order valence-electron chi connectivity index (χ0n) is 14.2. The van der Waals surface area contributed by atoms with Crippen molar-refractivity contribution < 1.29 is 19.2 Å². The molecule has 138 valence electrons. The van der Waals surface area contributed by atoms with Crippen molar-refractivity contribution in [3.63, 3.8) is 0 Å². The highest BCUT2D eigenvalue weighted by molar-refractivity contribution is 5.99. The van der Waals surface area contributed by atoms with Crippen LogP contribution in [0.15, 0.2) is 12.1 Å². The molecule has 2 fully saturated rings. The molecule has 1 aromatic carbocycles. The van der Waals surface area contributed by atoms with Gasteiger partial charge in [0, 0.05) is 19.2 Å². The second kappa shape index (κ2) is 7.88. The Morgan fingerprint density at radius 3 is 2.52 bits per heavy atom. The highest BCUT2D eigenvalue weighted by Crippen LogP contribution is 2.36. The molecular formula is C16H22ClN3O5. The van der Waals surface area contributed by atoms with Crippen LogP contribution in [0.3, 0.4) is 0 Å². The summed E-state index contributed by atoms with van der Waals surface area (Å²) in [5.74, 6) is 1.23. The Labute approximate surface area is 152 Å². The molecule has 1 N–H and O–H groups in total. The van der Waals surface area contributed by atoms with E-state index in [-0.39, 0.29) is 35.3 Å². The lowest BCUT2D eigenvalue weighted by molar-refractivity contribution is -0.385. The zero-order chi connectivity index (χ0) is 17.3. The molecule has 1 amide bonds. The van der Waals surface area contributed by atoms with E-state index in [9.17, 15) is 14.9 Å². The van der Waals surface area contributed by atoms with E-state index in [2.05, 4.69) is 5.32 Å². The molecule has 0 saturated carbocycles. The lowest BCUT2D eigenvalue weighted by atomic mass is 9.88. The van der Waals surface area contributed by atoms with Crippen molar-refractivity contribution in [1.29, 1.82) is 0 Å². The Kier molecular flexibility index (Phi) is 6.07. The van der Waals surface area contributed by atoms with Crippen LogP contribution in [0.4, 0.5) is 5.69 Å². The minimum Gasteiger partial charge on any atom is -0.493 e. The van der Waals surface area contributed by atoms with E-state index in [4.69, 9.17) is 9.47 Å². The van der Waals surface area contributed by atoms with Gasteiger partial charge in [-0.1, -0.05) is 0 Å². The SMILES string of the molecule is COc1cc(C(=O)N2CCC3CNCC3C2)c([N+](=O)[O-])cc1OC.Cl. The van der Waals surface area contributed by atoms with Crippen molar-refractivity contribution in [3.8, 4) is 11.5 Å². The van der Waals surface area contributed by atoms with Crippen LogP contribution >= 0.6 is 12.4 Å². The third kappa shape index (κ3) is 3.64. The van der Waals surface area contributed by atoms with Gasteiger partial charge in [0.05, 0.1) is 25.2 Å². The van der Waals surface area contributed by atoms with Gasteiger partial charge in [-0.15, -0.1) is 12.4 Å². The highest BCUT2D eigenvalue weighted by atomic mass is 35.5. The first-order valence-corrected chi connectivity index (χ1v) is 7.95. The standard InChI is InChI=1S/C16H21N3O5.ClH/c1-23-14-5-12(13(19(21)22)6-15(14)24-2)16(20)18-4-3-10-7-17-8-11(10)9-18;/h5-6,10-11,17H,3-4,7-9H2,1-2H3;1H. The van der Waals surface area contributed by atoms with Gasteiger partial charge in [-0.05, 0) is 31.3 Å². The van der Waals surface area contributed by atoms with Crippen molar-refractivity contribution in [1.82, 2.24) is 10.2 Å². The molecule has 1 aromatic rings. The number of nitrogens with zero attached hydrogens (tertiary/aromatic N) is 2. The third-order valence-electron chi connectivity index (χ3n) is 4.92. The Morgan fingerprint density at radius 1 is 1.24 bits per heavy atom. The normalized spacial score (nSPS) is 21.9. The number of carbonyl (C=O) groups excluding carboxylic acids is 1. The molecule has 8 nitrogen and oxygen atoms in total. The Balaban J connectivity index is 0.00000225. The summed E-state index contributed by atoms with van der Waals surface area (Å²) in [6, 6.07) is 2.65. The predicted molar refractivity (Wildman–Crippen MR) is 93.8 cm³/mol. The first-order chi connectivity index (χ1) is 11.5. The van der Waals surface area contributed by atoms with Gasteiger partial charge in [0.1, 0.15) is 5.56 Å². The van der Waals surface area contributed by atoms with Crippen LogP contribution in [-0.2, 0) is 0 Å². The number of fused-ring (bicyclic) bond motifs is 1. The monoisotopic (exact) mass is 371 g/mol. The fourth-order valence-electron chi connectivity index (χ4n) is 3.58. The predicted octanol–water partition coefficient (Wildman–Crippen LogP) is 1.72. The number of benzene rings is 1. The van der Waals surface area contributed by atoms with Gasteiger partial charge in [-0.25, -0.2) is 0 Å². The van der Waals surface area contributed by atoms with Gasteiger partial charge in [-0.2, -0.15) is 0 Å². The summed E-state index contributed by atoms with van der Waals surface area (Å²) in [5.41, 5.74) is -0.216. The number of hydrogen-bond donors (Lipinski definition) is 1. The van der Waals surface area contributed by atoms with Crippen LogP contribution in [0, 0.1) is 22.0 Å². The molecule has 9 heteroatoms. The topological polar surface area (TPSA) is 93.9 Å². The Bertz CT molecular complexity index is 669. The molecule has 2 heterocycles. The first kappa shape index (κ1) is 19.3. The zero-order valence-corrected chi connectivity index (χ0v) is 15.0. The molecule has 3 rings (SSSR count). The lowest BCUT2D eigenvalue weighted by Gasteiger charge is -2.34. The summed E-state index contributed by atoms with van der Waals surface area (Å²) < 4.78 is 10.3. The number of amides is 1. The van der Waals surface area contributed by atoms with E-state index in [1.165, 1.54) is 26.4 Å². The molecule has 0 aliphatic carbocycles. The molecule has 0 bridgehead atoms. The molecule has 0 radical (unpaired) electrons. The molecule has 2 saturated heterocycles. The minimum atomic E-state index is -0.556. The molecule has 2 atom stereocenters. The fourth-order valence-corrected chi connectivity index (χ4v) is 3.58. The summed E-state index contributed by atoms with van der Waals surface area (Å²) in [7, 11) is 2.84. The van der Waals surface area contributed by atoms with Crippen LogP contribution < -0.4 is 14.8 Å². The van der Waals surface area contributed by atoms with Gasteiger partial charge < -0.3 is 19.7 Å². The second-order valence-electron chi connectivity index (χ2n) is 6.20. The van der Waals surface area contributed by atoms with E-state index in [0.717, 1.165) is 19.5 Å². The first-order valence-electron chi connectivity index (χ1n) is 7.95. The van der Waals surface area contributed by atoms with Crippen molar-refractivity contribution in [2.24, 2.45) is 11.8 Å². The average molecular weight is 372 g/mol. The molecule has 25 heavy (non-hydrogen) atoms. The van der Waals surface area contributed by atoms with Crippen molar-refractivity contribution in [2.45, 2.75) is 6.42 Å². The maximum absolute atomic E-state index is 12.9. The number of rotatable bonds is 4. The quantitative estimate of drug-likeness (QED) is 0.639. The van der Waals surface area contributed by atoms with Gasteiger partial charge in [0.25, 0.3) is 11.6 Å². The minimum absolute atomic E-state index is 0. The third-order valence-corrected chi connectivity index (χ3v) is 4.92. The lowest BCUT2D eigenvalue weighted by Crippen LogP contribution is -2.43. The van der Waals surface area contributed by atoms with Crippen LogP contribution in [0.5, 0.6) is 11.5 Å². The number of halogens is 1. The van der Waals surface area contributed by atoms with E-state index in [0.29, 0.717) is 30.7 Å². The van der Waals surface area contributed by atoms with Crippen molar-refractivity contribution in [3.05, 3.63) is 27.8 Å². The van der Waals surface area contributed by atoms with Crippen molar-refractivity contribution >= 4 is 24.0 Å². The van der Waals surface area contributed by atoms with Crippen LogP contribution in [-0.4, -0.2) is 56.1 Å².